The number of benzene rings is 1. The van der Waals surface area contributed by atoms with Gasteiger partial charge in [0.2, 0.25) is 18.2 Å². The van der Waals surface area contributed by atoms with Crippen LogP contribution in [0.4, 0.5) is 0 Å². The molecule has 1 heterocycles. The zero-order valence-electron chi connectivity index (χ0n) is 19.8. The maximum Gasteiger partial charge on any atom is 0.481 e. The first-order chi connectivity index (χ1) is 15.1. The highest BCUT2D eigenvalue weighted by molar-refractivity contribution is 6.48. The van der Waals surface area contributed by atoms with Crippen LogP contribution in [0.5, 0.6) is 0 Å². The third-order valence-corrected chi connectivity index (χ3v) is 6.10. The lowest BCUT2D eigenvalue weighted by molar-refractivity contribution is -0.129. The van der Waals surface area contributed by atoms with Crippen LogP contribution in [-0.2, 0) is 30.1 Å². The molecule has 1 saturated heterocycles. The van der Waals surface area contributed by atoms with Gasteiger partial charge in [0.05, 0.1) is 23.6 Å². The van der Waals surface area contributed by atoms with Crippen molar-refractivity contribution in [2.24, 2.45) is 0 Å². The largest absolute Gasteiger partial charge is 0.481 e. The molecular weight excluding hydrogens is 409 g/mol. The average molecular weight is 445 g/mol. The first-order valence-corrected chi connectivity index (χ1v) is 11.3. The lowest BCUT2D eigenvalue weighted by Crippen LogP contribution is -2.54. The molecule has 1 fully saturated rings. The fraction of sp³-hybridized carbons (Fsp3) is 0.609. The Labute approximate surface area is 191 Å². The molecule has 0 aromatic heterocycles. The van der Waals surface area contributed by atoms with Crippen molar-refractivity contribution in [2.75, 3.05) is 6.54 Å². The van der Waals surface area contributed by atoms with E-state index >= 15 is 0 Å². The number of hydrogen-bond acceptors (Lipinski definition) is 5. The highest BCUT2D eigenvalue weighted by Gasteiger charge is 2.54. The minimum atomic E-state index is -0.974. The lowest BCUT2D eigenvalue weighted by atomic mass is 9.75. The van der Waals surface area contributed by atoms with E-state index in [0.717, 1.165) is 12.8 Å². The first kappa shape index (κ1) is 25.9. The molecule has 1 aliphatic rings. The smallest absolute Gasteiger partial charge is 0.402 e. The fourth-order valence-corrected chi connectivity index (χ4v) is 3.55. The summed E-state index contributed by atoms with van der Waals surface area (Å²) in [7, 11) is -0.638. The van der Waals surface area contributed by atoms with Crippen LogP contribution in [0.2, 0.25) is 0 Å². The summed E-state index contributed by atoms with van der Waals surface area (Å²) in [6.07, 6.45) is 2.57. The van der Waals surface area contributed by atoms with Crippen LogP contribution in [0.3, 0.4) is 0 Å². The van der Waals surface area contributed by atoms with Gasteiger partial charge in [0.1, 0.15) is 6.04 Å². The molecular formula is C23H36BN3O5. The van der Waals surface area contributed by atoms with E-state index in [1.54, 1.807) is 6.92 Å². The number of rotatable bonds is 12. The summed E-state index contributed by atoms with van der Waals surface area (Å²) in [4.78, 5) is 36.0. The fourth-order valence-electron chi connectivity index (χ4n) is 3.55. The second kappa shape index (κ2) is 11.5. The molecule has 0 saturated carbocycles. The number of nitrogens with one attached hydrogen (secondary N) is 3. The number of hydrogen-bond donors (Lipinski definition) is 3. The Morgan fingerprint density at radius 2 is 1.72 bits per heavy atom. The quantitative estimate of drug-likeness (QED) is 0.336. The number of carbonyl (C=O) groups is 3. The third kappa shape index (κ3) is 7.07. The van der Waals surface area contributed by atoms with E-state index in [4.69, 9.17) is 9.31 Å². The molecule has 0 bridgehead atoms. The molecule has 1 aromatic carbocycles. The Hall–Kier alpha value is -2.39. The van der Waals surface area contributed by atoms with Crippen LogP contribution in [0, 0.1) is 0 Å². The van der Waals surface area contributed by atoms with Gasteiger partial charge in [-0.1, -0.05) is 30.3 Å². The highest BCUT2D eigenvalue weighted by atomic mass is 16.7. The first-order valence-electron chi connectivity index (χ1n) is 11.3. The molecule has 0 spiro atoms. The predicted molar refractivity (Wildman–Crippen MR) is 124 cm³/mol. The molecule has 176 valence electrons. The van der Waals surface area contributed by atoms with Crippen LogP contribution in [-0.4, -0.2) is 55.1 Å². The van der Waals surface area contributed by atoms with E-state index < -0.39 is 36.2 Å². The van der Waals surface area contributed by atoms with Crippen LogP contribution >= 0.6 is 0 Å². The zero-order chi connectivity index (χ0) is 23.8. The molecule has 8 nitrogen and oxygen atoms in total. The van der Waals surface area contributed by atoms with E-state index in [9.17, 15) is 14.4 Å². The van der Waals surface area contributed by atoms with Gasteiger partial charge < -0.3 is 25.3 Å². The molecule has 0 radical (unpaired) electrons. The molecule has 9 heteroatoms. The van der Waals surface area contributed by atoms with Gasteiger partial charge in [0.25, 0.3) is 0 Å². The van der Waals surface area contributed by atoms with Crippen molar-refractivity contribution >= 4 is 25.3 Å². The van der Waals surface area contributed by atoms with Crippen LogP contribution < -0.4 is 16.0 Å². The van der Waals surface area contributed by atoms with Gasteiger partial charge in [-0.25, -0.2) is 0 Å². The van der Waals surface area contributed by atoms with Crippen molar-refractivity contribution in [1.82, 2.24) is 16.0 Å². The van der Waals surface area contributed by atoms with Crippen molar-refractivity contribution in [1.29, 1.82) is 0 Å². The third-order valence-electron chi connectivity index (χ3n) is 6.10. The minimum absolute atomic E-state index is 0.140. The molecule has 1 aromatic rings. The molecule has 2 rings (SSSR count). The van der Waals surface area contributed by atoms with E-state index in [-0.39, 0.29) is 12.3 Å². The van der Waals surface area contributed by atoms with E-state index in [1.165, 1.54) is 5.56 Å². The minimum Gasteiger partial charge on any atom is -0.402 e. The van der Waals surface area contributed by atoms with Crippen molar-refractivity contribution in [2.45, 2.75) is 83.5 Å². The van der Waals surface area contributed by atoms with Crippen molar-refractivity contribution in [3.05, 3.63) is 35.9 Å². The summed E-state index contributed by atoms with van der Waals surface area (Å²) in [6.45, 7) is 10.1. The van der Waals surface area contributed by atoms with Gasteiger partial charge in [0, 0.05) is 6.54 Å². The Morgan fingerprint density at radius 1 is 1.09 bits per heavy atom. The summed E-state index contributed by atoms with van der Waals surface area (Å²) in [5.41, 5.74) is 0.131. The molecule has 1 aliphatic heterocycles. The lowest BCUT2D eigenvalue weighted by Gasteiger charge is -2.32. The number of aryl methyl sites for hydroxylation is 1. The molecule has 3 amide bonds. The highest BCUT2D eigenvalue weighted by Crippen LogP contribution is 2.38. The van der Waals surface area contributed by atoms with Gasteiger partial charge in [-0.3, -0.25) is 14.4 Å². The molecule has 2 atom stereocenters. The average Bonchev–Trinajstić information content (AvgIpc) is 2.95. The Kier molecular flexibility index (Phi) is 9.27. The summed E-state index contributed by atoms with van der Waals surface area (Å²) >= 11 is 0. The van der Waals surface area contributed by atoms with Gasteiger partial charge in [-0.05, 0) is 59.4 Å². The number of carbonyl (C=O) groups excluding carboxylic acids is 3. The zero-order valence-corrected chi connectivity index (χ0v) is 19.8. The Balaban J connectivity index is 2.10. The SMILES string of the molecule is CCNC(=O)CC(NC=O)C(=O)NC(CCCc1ccccc1)B1OC(C)(C)C(C)(C)O1. The van der Waals surface area contributed by atoms with E-state index in [0.29, 0.717) is 19.4 Å². The van der Waals surface area contributed by atoms with Crippen molar-refractivity contribution in [3.63, 3.8) is 0 Å². The van der Waals surface area contributed by atoms with Crippen molar-refractivity contribution in [3.8, 4) is 0 Å². The summed E-state index contributed by atoms with van der Waals surface area (Å²) in [5.74, 6) is -1.18. The maximum atomic E-state index is 13.0. The second-order valence-corrected chi connectivity index (χ2v) is 9.11. The number of amides is 3. The normalized spacial score (nSPS) is 18.5. The van der Waals surface area contributed by atoms with Gasteiger partial charge >= 0.3 is 7.12 Å². The molecule has 3 N–H and O–H groups in total. The van der Waals surface area contributed by atoms with Crippen LogP contribution in [0.1, 0.15) is 59.4 Å². The second-order valence-electron chi connectivity index (χ2n) is 9.11. The van der Waals surface area contributed by atoms with E-state index in [1.807, 2.05) is 45.9 Å². The van der Waals surface area contributed by atoms with Gasteiger partial charge in [-0.2, -0.15) is 0 Å². The summed E-state index contributed by atoms with van der Waals surface area (Å²) in [6, 6.07) is 9.14. The van der Waals surface area contributed by atoms with E-state index in [2.05, 4.69) is 28.1 Å². The molecule has 2 unspecified atom stereocenters. The summed E-state index contributed by atoms with van der Waals surface area (Å²) < 4.78 is 12.4. The standard InChI is InChI=1S/C23H36BN3O5/c1-6-25-20(29)15-18(26-16-28)21(30)27-19(14-10-13-17-11-8-7-9-12-17)24-31-22(2,3)23(4,5)32-24/h7-9,11-12,16,18-19H,6,10,13-15H2,1-5H3,(H,25,29)(H,26,28)(H,27,30). The monoisotopic (exact) mass is 445 g/mol. The van der Waals surface area contributed by atoms with Gasteiger partial charge in [0.15, 0.2) is 0 Å². The topological polar surface area (TPSA) is 106 Å². The molecule has 32 heavy (non-hydrogen) atoms. The van der Waals surface area contributed by atoms with Crippen LogP contribution in [0.15, 0.2) is 30.3 Å². The van der Waals surface area contributed by atoms with Gasteiger partial charge in [-0.15, -0.1) is 0 Å². The van der Waals surface area contributed by atoms with Crippen molar-refractivity contribution < 1.29 is 23.7 Å². The van der Waals surface area contributed by atoms with Crippen LogP contribution in [0.25, 0.3) is 0 Å². The Morgan fingerprint density at radius 3 is 2.28 bits per heavy atom. The summed E-state index contributed by atoms with van der Waals surface area (Å²) in [5, 5.41) is 8.06. The maximum absolute atomic E-state index is 13.0. The predicted octanol–water partition coefficient (Wildman–Crippen LogP) is 1.77. The Bertz CT molecular complexity index is 756. The molecule has 0 aliphatic carbocycles.